The lowest BCUT2D eigenvalue weighted by Gasteiger charge is -2.27. The summed E-state index contributed by atoms with van der Waals surface area (Å²) in [7, 11) is 0. The Balaban J connectivity index is 2.44. The molecule has 2 nitrogen and oxygen atoms in total. The van der Waals surface area contributed by atoms with Crippen molar-refractivity contribution in [1.29, 1.82) is 0 Å². The van der Waals surface area contributed by atoms with E-state index in [1.165, 1.54) is 38.2 Å². The maximum atomic E-state index is 4.02. The summed E-state index contributed by atoms with van der Waals surface area (Å²) in [6.07, 6.45) is 2.53. The SMILES string of the molecule is C=C(C)N1CCCN(C(C)CC)CC1. The molecule has 0 aromatic carbocycles. The summed E-state index contributed by atoms with van der Waals surface area (Å²) < 4.78 is 0. The van der Waals surface area contributed by atoms with E-state index in [1.54, 1.807) is 0 Å². The smallest absolute Gasteiger partial charge is 0.0302 e. The van der Waals surface area contributed by atoms with Crippen molar-refractivity contribution in [2.75, 3.05) is 26.2 Å². The van der Waals surface area contributed by atoms with Gasteiger partial charge in [0.2, 0.25) is 0 Å². The molecule has 0 radical (unpaired) electrons. The zero-order chi connectivity index (χ0) is 10.6. The van der Waals surface area contributed by atoms with Gasteiger partial charge in [-0.25, -0.2) is 0 Å². The molecule has 0 bridgehead atoms. The van der Waals surface area contributed by atoms with E-state index < -0.39 is 0 Å². The molecule has 1 fully saturated rings. The van der Waals surface area contributed by atoms with E-state index in [0.29, 0.717) is 0 Å². The molecule has 82 valence electrons. The normalized spacial score (nSPS) is 21.8. The van der Waals surface area contributed by atoms with Gasteiger partial charge in [0.05, 0.1) is 0 Å². The molecular formula is C12H24N2. The van der Waals surface area contributed by atoms with Crippen molar-refractivity contribution >= 4 is 0 Å². The third-order valence-corrected chi connectivity index (χ3v) is 3.28. The van der Waals surface area contributed by atoms with Crippen molar-refractivity contribution in [3.8, 4) is 0 Å². The van der Waals surface area contributed by atoms with Crippen LogP contribution in [0.1, 0.15) is 33.6 Å². The van der Waals surface area contributed by atoms with Crippen molar-refractivity contribution < 1.29 is 0 Å². The van der Waals surface area contributed by atoms with Gasteiger partial charge < -0.3 is 4.90 Å². The molecule has 1 saturated heterocycles. The van der Waals surface area contributed by atoms with E-state index in [-0.39, 0.29) is 0 Å². The average Bonchev–Trinajstić information content (AvgIpc) is 2.41. The molecule has 0 saturated carbocycles. The molecule has 1 aliphatic heterocycles. The molecule has 0 amide bonds. The van der Waals surface area contributed by atoms with Gasteiger partial charge in [0.1, 0.15) is 0 Å². The first-order chi connectivity index (χ1) is 6.65. The Bertz CT molecular complexity index is 189. The largest absolute Gasteiger partial charge is 0.374 e. The van der Waals surface area contributed by atoms with Crippen molar-refractivity contribution in [2.45, 2.75) is 39.7 Å². The van der Waals surface area contributed by atoms with E-state index in [2.05, 4.69) is 37.1 Å². The summed E-state index contributed by atoms with van der Waals surface area (Å²) in [6.45, 7) is 15.5. The van der Waals surface area contributed by atoms with Gasteiger partial charge in [-0.1, -0.05) is 13.5 Å². The molecule has 0 aliphatic carbocycles. The standard InChI is InChI=1S/C12H24N2/c1-5-12(4)14-8-6-7-13(9-10-14)11(2)3/h12H,2,5-10H2,1,3-4H3. The van der Waals surface area contributed by atoms with Gasteiger partial charge >= 0.3 is 0 Å². The quantitative estimate of drug-likeness (QED) is 0.683. The van der Waals surface area contributed by atoms with Crippen LogP contribution in [-0.2, 0) is 0 Å². The predicted octanol–water partition coefficient (Wildman–Crippen LogP) is 2.33. The average molecular weight is 196 g/mol. The first-order valence-corrected chi connectivity index (χ1v) is 5.79. The number of rotatable bonds is 3. The Kier molecular flexibility index (Phi) is 4.46. The Labute approximate surface area is 88.6 Å². The fourth-order valence-electron chi connectivity index (χ4n) is 2.02. The van der Waals surface area contributed by atoms with Crippen LogP contribution in [0.15, 0.2) is 12.3 Å². The molecule has 14 heavy (non-hydrogen) atoms. The number of hydrogen-bond donors (Lipinski definition) is 0. The maximum Gasteiger partial charge on any atom is 0.0302 e. The summed E-state index contributed by atoms with van der Waals surface area (Å²) in [5.74, 6) is 0. The zero-order valence-electron chi connectivity index (χ0n) is 9.92. The highest BCUT2D eigenvalue weighted by atomic mass is 15.2. The van der Waals surface area contributed by atoms with Crippen LogP contribution in [0.3, 0.4) is 0 Å². The van der Waals surface area contributed by atoms with Gasteiger partial charge in [-0.3, -0.25) is 4.90 Å². The monoisotopic (exact) mass is 196 g/mol. The number of hydrogen-bond acceptors (Lipinski definition) is 2. The van der Waals surface area contributed by atoms with E-state index >= 15 is 0 Å². The van der Waals surface area contributed by atoms with Crippen molar-refractivity contribution in [1.82, 2.24) is 9.80 Å². The Hall–Kier alpha value is -0.500. The minimum absolute atomic E-state index is 0.736. The van der Waals surface area contributed by atoms with Crippen LogP contribution in [0.2, 0.25) is 0 Å². The molecule has 1 rings (SSSR count). The van der Waals surface area contributed by atoms with Crippen LogP contribution in [0.25, 0.3) is 0 Å². The summed E-state index contributed by atoms with van der Waals surface area (Å²) in [6, 6.07) is 0.736. The van der Waals surface area contributed by atoms with Crippen molar-refractivity contribution in [3.05, 3.63) is 12.3 Å². The van der Waals surface area contributed by atoms with Crippen LogP contribution in [0, 0.1) is 0 Å². The number of allylic oxidation sites excluding steroid dienone is 1. The lowest BCUT2D eigenvalue weighted by Crippen LogP contribution is -2.36. The Morgan fingerprint density at radius 3 is 2.57 bits per heavy atom. The molecule has 0 spiro atoms. The van der Waals surface area contributed by atoms with Gasteiger partial charge in [-0.15, -0.1) is 0 Å². The van der Waals surface area contributed by atoms with E-state index in [9.17, 15) is 0 Å². The van der Waals surface area contributed by atoms with Gasteiger partial charge in [-0.2, -0.15) is 0 Å². The third kappa shape index (κ3) is 3.02. The minimum atomic E-state index is 0.736. The summed E-state index contributed by atoms with van der Waals surface area (Å²) in [5.41, 5.74) is 1.22. The highest BCUT2D eigenvalue weighted by molar-refractivity contribution is 4.90. The molecule has 0 aromatic rings. The highest BCUT2D eigenvalue weighted by Crippen LogP contribution is 2.11. The van der Waals surface area contributed by atoms with Crippen LogP contribution >= 0.6 is 0 Å². The molecule has 1 atom stereocenters. The Morgan fingerprint density at radius 1 is 1.29 bits per heavy atom. The first kappa shape index (κ1) is 11.6. The molecule has 0 aromatic heterocycles. The molecular weight excluding hydrogens is 172 g/mol. The Morgan fingerprint density at radius 2 is 2.00 bits per heavy atom. The predicted molar refractivity (Wildman–Crippen MR) is 62.3 cm³/mol. The van der Waals surface area contributed by atoms with E-state index in [1.807, 2.05) is 0 Å². The molecule has 2 heteroatoms. The van der Waals surface area contributed by atoms with Crippen LogP contribution < -0.4 is 0 Å². The number of nitrogens with zero attached hydrogens (tertiary/aromatic N) is 2. The summed E-state index contributed by atoms with van der Waals surface area (Å²) in [4.78, 5) is 5.01. The van der Waals surface area contributed by atoms with Gasteiger partial charge in [0.25, 0.3) is 0 Å². The fourth-order valence-corrected chi connectivity index (χ4v) is 2.02. The van der Waals surface area contributed by atoms with Crippen molar-refractivity contribution in [3.63, 3.8) is 0 Å². The fraction of sp³-hybridized carbons (Fsp3) is 0.833. The van der Waals surface area contributed by atoms with Gasteiger partial charge in [-0.05, 0) is 26.7 Å². The maximum absolute atomic E-state index is 4.02. The molecule has 1 aliphatic rings. The summed E-state index contributed by atoms with van der Waals surface area (Å²) >= 11 is 0. The first-order valence-electron chi connectivity index (χ1n) is 5.79. The van der Waals surface area contributed by atoms with E-state index in [0.717, 1.165) is 12.6 Å². The van der Waals surface area contributed by atoms with Crippen LogP contribution in [0.5, 0.6) is 0 Å². The van der Waals surface area contributed by atoms with Gasteiger partial charge in [0.15, 0.2) is 0 Å². The molecule has 1 heterocycles. The molecule has 0 N–H and O–H groups in total. The lowest BCUT2D eigenvalue weighted by molar-refractivity contribution is 0.211. The minimum Gasteiger partial charge on any atom is -0.374 e. The van der Waals surface area contributed by atoms with Gasteiger partial charge in [0, 0.05) is 37.9 Å². The van der Waals surface area contributed by atoms with Crippen molar-refractivity contribution in [2.24, 2.45) is 0 Å². The second-order valence-electron chi connectivity index (χ2n) is 4.37. The van der Waals surface area contributed by atoms with E-state index in [4.69, 9.17) is 0 Å². The second-order valence-corrected chi connectivity index (χ2v) is 4.37. The summed E-state index contributed by atoms with van der Waals surface area (Å²) in [5, 5.41) is 0. The second kappa shape index (κ2) is 5.40. The molecule has 1 unspecified atom stereocenters. The lowest BCUT2D eigenvalue weighted by atomic mass is 10.2. The van der Waals surface area contributed by atoms with Crippen LogP contribution in [-0.4, -0.2) is 42.0 Å². The zero-order valence-corrected chi connectivity index (χ0v) is 9.92. The topological polar surface area (TPSA) is 6.48 Å². The third-order valence-electron chi connectivity index (χ3n) is 3.28. The van der Waals surface area contributed by atoms with Crippen LogP contribution in [0.4, 0.5) is 0 Å². The highest BCUT2D eigenvalue weighted by Gasteiger charge is 2.17.